The molecule has 23 heavy (non-hydrogen) atoms. The molecule has 2 rings (SSSR count). The van der Waals surface area contributed by atoms with Crippen LogP contribution in [0.25, 0.3) is 0 Å². The van der Waals surface area contributed by atoms with Crippen molar-refractivity contribution in [1.29, 1.82) is 0 Å². The van der Waals surface area contributed by atoms with Crippen molar-refractivity contribution in [1.82, 2.24) is 0 Å². The summed E-state index contributed by atoms with van der Waals surface area (Å²) in [6.45, 7) is 2.72. The zero-order valence-electron chi connectivity index (χ0n) is 13.6. The van der Waals surface area contributed by atoms with Crippen LogP contribution in [0.1, 0.15) is 12.5 Å². The first-order chi connectivity index (χ1) is 11.0. The summed E-state index contributed by atoms with van der Waals surface area (Å²) in [4.78, 5) is 13.6. The van der Waals surface area contributed by atoms with E-state index in [4.69, 9.17) is 4.74 Å². The van der Waals surface area contributed by atoms with Crippen LogP contribution in [0, 0.1) is 0 Å². The normalized spacial score (nSPS) is 13.2. The molecule has 0 saturated heterocycles. The molecule has 2 atom stereocenters. The zero-order valence-corrected chi connectivity index (χ0v) is 15.2. The zero-order chi connectivity index (χ0) is 16.8. The van der Waals surface area contributed by atoms with Gasteiger partial charge >= 0.3 is 0 Å². The highest BCUT2D eigenvalue weighted by Gasteiger charge is 2.22. The highest BCUT2D eigenvalue weighted by molar-refractivity contribution is 9.10. The largest absolute Gasteiger partial charge is 0.495 e. The Morgan fingerprint density at radius 2 is 1.87 bits per heavy atom. The third kappa shape index (κ3) is 4.81. The van der Waals surface area contributed by atoms with Gasteiger partial charge in [0.05, 0.1) is 19.8 Å². The first kappa shape index (κ1) is 17.5. The smallest absolute Gasteiger partial charge is 0.282 e. The van der Waals surface area contributed by atoms with E-state index in [1.165, 1.54) is 5.56 Å². The molecule has 0 aliphatic carbocycles. The van der Waals surface area contributed by atoms with Crippen LogP contribution in [0.3, 0.4) is 0 Å². The third-order valence-corrected chi connectivity index (χ3v) is 4.42. The predicted molar refractivity (Wildman–Crippen MR) is 95.8 cm³/mol. The van der Waals surface area contributed by atoms with Crippen LogP contribution in [0.2, 0.25) is 0 Å². The van der Waals surface area contributed by atoms with Crippen LogP contribution in [0.15, 0.2) is 53.0 Å². The van der Waals surface area contributed by atoms with Gasteiger partial charge < -0.3 is 15.0 Å². The Bertz CT molecular complexity index is 658. The first-order valence-corrected chi connectivity index (χ1v) is 8.31. The number of carbonyl (C=O) groups is 1. The van der Waals surface area contributed by atoms with Crippen LogP contribution in [0.4, 0.5) is 5.69 Å². The summed E-state index contributed by atoms with van der Waals surface area (Å²) in [5.74, 6) is 0.641. The number of halogens is 1. The second-order valence-electron chi connectivity index (χ2n) is 5.56. The lowest BCUT2D eigenvalue weighted by molar-refractivity contribution is -0.907. The molecule has 0 aliphatic heterocycles. The monoisotopic (exact) mass is 377 g/mol. The number of para-hydroxylation sites is 2. The molecular weight excluding hydrogens is 356 g/mol. The summed E-state index contributed by atoms with van der Waals surface area (Å²) in [6, 6.07) is 15.4. The quantitative estimate of drug-likeness (QED) is 0.811. The standard InChI is InChI=1S/C18H21BrN2O2/c1-13(21(2)12-14-8-10-15(19)11-9-14)18(22)20-16-6-4-5-7-17(16)23-3/h4-11,13H,12H2,1-3H3,(H,20,22)/p+1/t13-/m1/s1. The number of likely N-dealkylation sites (N-methyl/N-ethyl adjacent to an activating group) is 1. The van der Waals surface area contributed by atoms with Gasteiger partial charge in [-0.2, -0.15) is 0 Å². The molecule has 2 aromatic rings. The van der Waals surface area contributed by atoms with E-state index >= 15 is 0 Å². The molecule has 2 aromatic carbocycles. The number of quaternary nitrogens is 1. The number of carbonyl (C=O) groups excluding carboxylic acids is 1. The Morgan fingerprint density at radius 1 is 1.22 bits per heavy atom. The second kappa shape index (κ2) is 8.13. The van der Waals surface area contributed by atoms with Crippen molar-refractivity contribution in [2.24, 2.45) is 0 Å². The van der Waals surface area contributed by atoms with Gasteiger partial charge in [-0.3, -0.25) is 4.79 Å². The Hall–Kier alpha value is -1.85. The Kier molecular flexibility index (Phi) is 6.19. The molecule has 2 N–H and O–H groups in total. The number of methoxy groups -OCH3 is 1. The van der Waals surface area contributed by atoms with Crippen molar-refractivity contribution < 1.29 is 14.4 Å². The van der Waals surface area contributed by atoms with Crippen molar-refractivity contribution in [2.45, 2.75) is 19.5 Å². The van der Waals surface area contributed by atoms with Crippen LogP contribution >= 0.6 is 15.9 Å². The number of ether oxygens (including phenoxy) is 1. The number of benzene rings is 2. The Balaban J connectivity index is 1.99. The van der Waals surface area contributed by atoms with E-state index in [1.54, 1.807) is 7.11 Å². The van der Waals surface area contributed by atoms with Crippen molar-refractivity contribution in [3.8, 4) is 5.75 Å². The van der Waals surface area contributed by atoms with Gasteiger partial charge in [-0.1, -0.05) is 40.2 Å². The van der Waals surface area contributed by atoms with Crippen molar-refractivity contribution in [3.05, 3.63) is 58.6 Å². The summed E-state index contributed by atoms with van der Waals surface area (Å²) in [7, 11) is 3.62. The maximum atomic E-state index is 12.5. The van der Waals surface area contributed by atoms with Gasteiger partial charge in [0.2, 0.25) is 0 Å². The van der Waals surface area contributed by atoms with Gasteiger partial charge in [-0.05, 0) is 31.2 Å². The molecule has 0 aromatic heterocycles. The fourth-order valence-electron chi connectivity index (χ4n) is 2.29. The van der Waals surface area contributed by atoms with E-state index in [-0.39, 0.29) is 11.9 Å². The van der Waals surface area contributed by atoms with E-state index in [0.717, 1.165) is 15.9 Å². The number of hydrogen-bond donors (Lipinski definition) is 2. The number of nitrogens with one attached hydrogen (secondary N) is 2. The first-order valence-electron chi connectivity index (χ1n) is 7.52. The van der Waals surface area contributed by atoms with Crippen LogP contribution < -0.4 is 15.0 Å². The predicted octanol–water partition coefficient (Wildman–Crippen LogP) is 2.50. The van der Waals surface area contributed by atoms with Gasteiger partial charge in [0, 0.05) is 10.0 Å². The number of amides is 1. The Labute approximate surface area is 145 Å². The van der Waals surface area contributed by atoms with E-state index in [0.29, 0.717) is 11.4 Å². The van der Waals surface area contributed by atoms with Gasteiger partial charge in [0.15, 0.2) is 6.04 Å². The topological polar surface area (TPSA) is 42.8 Å². The van der Waals surface area contributed by atoms with Gasteiger partial charge in [-0.25, -0.2) is 0 Å². The van der Waals surface area contributed by atoms with E-state index in [2.05, 4.69) is 33.4 Å². The summed E-state index contributed by atoms with van der Waals surface area (Å²) < 4.78 is 6.32. The SMILES string of the molecule is COc1ccccc1NC(=O)[C@@H](C)[NH+](C)Cc1ccc(Br)cc1. The van der Waals surface area contributed by atoms with E-state index < -0.39 is 0 Å². The molecule has 0 bridgehead atoms. The lowest BCUT2D eigenvalue weighted by atomic mass is 10.2. The molecular formula is C18H22BrN2O2+. The molecule has 1 amide bonds. The fraction of sp³-hybridized carbons (Fsp3) is 0.278. The molecule has 5 heteroatoms. The van der Waals surface area contributed by atoms with E-state index in [9.17, 15) is 4.79 Å². The summed E-state index contributed by atoms with van der Waals surface area (Å²) >= 11 is 3.43. The van der Waals surface area contributed by atoms with Crippen LogP contribution in [-0.2, 0) is 11.3 Å². The third-order valence-electron chi connectivity index (χ3n) is 3.89. The van der Waals surface area contributed by atoms with Crippen molar-refractivity contribution in [2.75, 3.05) is 19.5 Å². The molecule has 122 valence electrons. The van der Waals surface area contributed by atoms with Crippen LogP contribution in [0.5, 0.6) is 5.75 Å². The average Bonchev–Trinajstić information content (AvgIpc) is 2.56. The molecule has 4 nitrogen and oxygen atoms in total. The maximum Gasteiger partial charge on any atom is 0.282 e. The van der Waals surface area contributed by atoms with E-state index in [1.807, 2.05) is 50.4 Å². The number of anilines is 1. The average molecular weight is 378 g/mol. The van der Waals surface area contributed by atoms with Gasteiger partial charge in [-0.15, -0.1) is 0 Å². The fourth-order valence-corrected chi connectivity index (χ4v) is 2.55. The summed E-state index contributed by atoms with van der Waals surface area (Å²) in [6.07, 6.45) is 0. The lowest BCUT2D eigenvalue weighted by Gasteiger charge is -2.21. The summed E-state index contributed by atoms with van der Waals surface area (Å²) in [5.41, 5.74) is 1.89. The highest BCUT2D eigenvalue weighted by atomic mass is 79.9. The molecule has 0 aliphatic rings. The minimum Gasteiger partial charge on any atom is -0.495 e. The van der Waals surface area contributed by atoms with Crippen molar-refractivity contribution >= 4 is 27.5 Å². The molecule has 0 fully saturated rings. The number of rotatable bonds is 6. The molecule has 0 saturated carbocycles. The van der Waals surface area contributed by atoms with Gasteiger partial charge in [0.25, 0.3) is 5.91 Å². The minimum absolute atomic E-state index is 0.0240. The molecule has 0 radical (unpaired) electrons. The summed E-state index contributed by atoms with van der Waals surface area (Å²) in [5, 5.41) is 2.94. The van der Waals surface area contributed by atoms with Crippen LogP contribution in [-0.4, -0.2) is 26.1 Å². The maximum absolute atomic E-state index is 12.5. The highest BCUT2D eigenvalue weighted by Crippen LogP contribution is 2.22. The molecule has 1 unspecified atom stereocenters. The number of hydrogen-bond acceptors (Lipinski definition) is 2. The molecule has 0 spiro atoms. The second-order valence-corrected chi connectivity index (χ2v) is 6.48. The van der Waals surface area contributed by atoms with Gasteiger partial charge in [0.1, 0.15) is 12.3 Å². The minimum atomic E-state index is -0.177. The van der Waals surface area contributed by atoms with Crippen molar-refractivity contribution in [3.63, 3.8) is 0 Å². The Morgan fingerprint density at radius 3 is 2.52 bits per heavy atom. The lowest BCUT2D eigenvalue weighted by Crippen LogP contribution is -3.12. The molecule has 0 heterocycles.